The van der Waals surface area contributed by atoms with Crippen molar-refractivity contribution in [2.24, 2.45) is 0 Å². The van der Waals surface area contributed by atoms with Crippen LogP contribution in [0.15, 0.2) is 182 Å². The Kier molecular flexibility index (Phi) is 54.6. The first-order valence-corrected chi connectivity index (χ1v) is 28.3. The van der Waals surface area contributed by atoms with E-state index in [-0.39, 0.29) is 50.4 Å². The first-order chi connectivity index (χ1) is 36.0. The summed E-state index contributed by atoms with van der Waals surface area (Å²) in [5.74, 6) is -1.14. The topological polar surface area (TPSA) is 78.9 Å². The second kappa shape index (κ2) is 59.1. The van der Waals surface area contributed by atoms with E-state index in [9.17, 15) is 14.4 Å². The van der Waals surface area contributed by atoms with Crippen LogP contribution in [-0.2, 0) is 28.6 Å². The molecule has 0 bridgehead atoms. The van der Waals surface area contributed by atoms with Crippen molar-refractivity contribution >= 4 is 17.9 Å². The molecule has 0 aliphatic heterocycles. The molecule has 0 saturated carbocycles. The molecule has 0 aromatic heterocycles. The summed E-state index contributed by atoms with van der Waals surface area (Å²) in [6.45, 7) is 6.21. The number of hydrogen-bond donors (Lipinski definition) is 0. The number of rotatable bonds is 48. The minimum absolute atomic E-state index is 0.154. The lowest BCUT2D eigenvalue weighted by molar-refractivity contribution is -0.166. The zero-order valence-corrected chi connectivity index (χ0v) is 46.1. The summed E-state index contributed by atoms with van der Waals surface area (Å²) in [6, 6.07) is 0. The van der Waals surface area contributed by atoms with Gasteiger partial charge in [0.05, 0.1) is 0 Å². The van der Waals surface area contributed by atoms with Crippen LogP contribution in [0.25, 0.3) is 0 Å². The average molecular weight is 1000 g/mol. The predicted octanol–water partition coefficient (Wildman–Crippen LogP) is 19.3. The highest BCUT2D eigenvalue weighted by Gasteiger charge is 2.19. The van der Waals surface area contributed by atoms with Crippen LogP contribution in [0.1, 0.15) is 201 Å². The summed E-state index contributed by atoms with van der Waals surface area (Å²) in [5, 5.41) is 0. The second-order valence-corrected chi connectivity index (χ2v) is 17.7. The van der Waals surface area contributed by atoms with E-state index in [0.29, 0.717) is 19.3 Å². The molecular formula is C67H100O6. The first-order valence-electron chi connectivity index (χ1n) is 28.3. The van der Waals surface area contributed by atoms with Gasteiger partial charge in [0.1, 0.15) is 13.2 Å². The molecular weight excluding hydrogens is 901 g/mol. The van der Waals surface area contributed by atoms with Crippen LogP contribution in [0, 0.1) is 0 Å². The van der Waals surface area contributed by atoms with Crippen LogP contribution in [0.3, 0.4) is 0 Å². The Balaban J connectivity index is 4.70. The van der Waals surface area contributed by atoms with Crippen molar-refractivity contribution in [3.8, 4) is 0 Å². The maximum Gasteiger partial charge on any atom is 0.306 e. The molecule has 404 valence electrons. The van der Waals surface area contributed by atoms with E-state index in [1.165, 1.54) is 25.7 Å². The van der Waals surface area contributed by atoms with Gasteiger partial charge >= 0.3 is 17.9 Å². The van der Waals surface area contributed by atoms with E-state index in [1.807, 2.05) is 12.2 Å². The van der Waals surface area contributed by atoms with Gasteiger partial charge in [-0.2, -0.15) is 0 Å². The van der Waals surface area contributed by atoms with Gasteiger partial charge in [-0.15, -0.1) is 0 Å². The Morgan fingerprint density at radius 2 is 0.575 bits per heavy atom. The lowest BCUT2D eigenvalue weighted by Crippen LogP contribution is -2.30. The Bertz CT molecular complexity index is 1770. The Hall–Kier alpha value is -5.49. The summed E-state index contributed by atoms with van der Waals surface area (Å²) < 4.78 is 16.7. The molecule has 0 rings (SSSR count). The van der Waals surface area contributed by atoms with Gasteiger partial charge in [-0.1, -0.05) is 222 Å². The number of carbonyl (C=O) groups is 3. The lowest BCUT2D eigenvalue weighted by atomic mass is 10.1. The van der Waals surface area contributed by atoms with Gasteiger partial charge in [-0.25, -0.2) is 0 Å². The predicted molar refractivity (Wildman–Crippen MR) is 315 cm³/mol. The van der Waals surface area contributed by atoms with Crippen LogP contribution >= 0.6 is 0 Å². The minimum Gasteiger partial charge on any atom is -0.462 e. The lowest BCUT2D eigenvalue weighted by Gasteiger charge is -2.18. The number of ether oxygens (including phenoxy) is 3. The van der Waals surface area contributed by atoms with Crippen molar-refractivity contribution in [1.29, 1.82) is 0 Å². The third-order valence-corrected chi connectivity index (χ3v) is 10.9. The fourth-order valence-electron chi connectivity index (χ4n) is 6.72. The standard InChI is InChI=1S/C67H100O6/c1-4-7-10-13-16-19-22-25-28-31-33-36-39-42-45-48-51-54-57-60-66(69)72-63-64(62-71-65(68)59-56-53-50-47-44-41-38-35-30-27-24-21-18-15-12-9-6-3)73-67(70)61-58-55-52-49-46-43-40-37-34-32-29-26-23-20-17-14-11-8-5-2/h7,9-10,12,16-21,25-30,33-34,36-38,41-43,45-47,50-51,54,64H,4-6,8,11,13-15,22-24,31-32,35,39-40,44,48-49,52-53,55-63H2,1-3H3/b10-7-,12-9-,19-16-,20-17-,21-18-,28-25-,29-26-,30-27-,36-33-,37-34-,41-38-,45-42-,46-43-,50-47-,54-51-/t64-/m1/s1. The molecule has 6 heteroatoms. The van der Waals surface area contributed by atoms with Gasteiger partial charge in [0, 0.05) is 19.3 Å². The van der Waals surface area contributed by atoms with E-state index in [4.69, 9.17) is 14.2 Å². The van der Waals surface area contributed by atoms with Gasteiger partial charge in [-0.05, 0) is 141 Å². The molecule has 0 radical (unpaired) electrons. The highest BCUT2D eigenvalue weighted by molar-refractivity contribution is 5.71. The fraction of sp³-hybridized carbons (Fsp3) is 0.507. The minimum atomic E-state index is -0.860. The molecule has 0 aromatic rings. The van der Waals surface area contributed by atoms with Crippen molar-refractivity contribution in [3.05, 3.63) is 182 Å². The van der Waals surface area contributed by atoms with E-state index >= 15 is 0 Å². The van der Waals surface area contributed by atoms with Crippen molar-refractivity contribution in [3.63, 3.8) is 0 Å². The summed E-state index contributed by atoms with van der Waals surface area (Å²) in [4.78, 5) is 38.1. The zero-order chi connectivity index (χ0) is 52.9. The SMILES string of the molecule is CC/C=C\C/C=C\C/C=C\C/C=C\C/C=C\C/C=C\CCC(=O)OC[C@@H](COC(=O)CCC/C=C\C/C=C\C/C=C\C/C=C\C/C=C\CC)OC(=O)CCCCC/C=C\C/C=C\C/C=C\C/C=C\CCCCC. The van der Waals surface area contributed by atoms with Gasteiger partial charge < -0.3 is 14.2 Å². The molecule has 1 atom stereocenters. The van der Waals surface area contributed by atoms with Crippen LogP contribution in [-0.4, -0.2) is 37.2 Å². The highest BCUT2D eigenvalue weighted by atomic mass is 16.6. The second-order valence-electron chi connectivity index (χ2n) is 17.7. The molecule has 0 aliphatic rings. The molecule has 0 saturated heterocycles. The molecule has 0 unspecified atom stereocenters. The van der Waals surface area contributed by atoms with Crippen molar-refractivity contribution < 1.29 is 28.6 Å². The molecule has 6 nitrogen and oxygen atoms in total. The quantitative estimate of drug-likeness (QED) is 0.0262. The number of unbranched alkanes of at least 4 members (excludes halogenated alkanes) is 7. The Labute approximate surface area is 446 Å². The van der Waals surface area contributed by atoms with Crippen molar-refractivity contribution in [1.82, 2.24) is 0 Å². The third-order valence-electron chi connectivity index (χ3n) is 10.9. The molecule has 0 heterocycles. The van der Waals surface area contributed by atoms with Crippen LogP contribution < -0.4 is 0 Å². The first kappa shape index (κ1) is 67.5. The molecule has 0 aromatic carbocycles. The largest absolute Gasteiger partial charge is 0.462 e. The van der Waals surface area contributed by atoms with Crippen LogP contribution in [0.4, 0.5) is 0 Å². The summed E-state index contributed by atoms with van der Waals surface area (Å²) in [6.07, 6.45) is 88.9. The van der Waals surface area contributed by atoms with Gasteiger partial charge in [-0.3, -0.25) is 14.4 Å². The van der Waals surface area contributed by atoms with Crippen LogP contribution in [0.5, 0.6) is 0 Å². The smallest absolute Gasteiger partial charge is 0.306 e. The van der Waals surface area contributed by atoms with E-state index in [1.54, 1.807) is 0 Å². The van der Waals surface area contributed by atoms with Gasteiger partial charge in [0.2, 0.25) is 0 Å². The number of hydrogen-bond acceptors (Lipinski definition) is 6. The number of esters is 3. The summed E-state index contributed by atoms with van der Waals surface area (Å²) in [5.41, 5.74) is 0. The maximum absolute atomic E-state index is 12.9. The van der Waals surface area contributed by atoms with E-state index in [0.717, 1.165) is 116 Å². The maximum atomic E-state index is 12.9. The third kappa shape index (κ3) is 57.3. The van der Waals surface area contributed by atoms with E-state index < -0.39 is 6.10 Å². The van der Waals surface area contributed by atoms with E-state index in [2.05, 4.69) is 191 Å². The number of allylic oxidation sites excluding steroid dienone is 30. The van der Waals surface area contributed by atoms with Crippen molar-refractivity contribution in [2.45, 2.75) is 207 Å². The summed E-state index contributed by atoms with van der Waals surface area (Å²) in [7, 11) is 0. The highest BCUT2D eigenvalue weighted by Crippen LogP contribution is 2.10. The molecule has 0 fully saturated rings. The molecule has 73 heavy (non-hydrogen) atoms. The monoisotopic (exact) mass is 1000 g/mol. The fourth-order valence-corrected chi connectivity index (χ4v) is 6.72. The molecule has 0 N–H and O–H groups in total. The van der Waals surface area contributed by atoms with Crippen molar-refractivity contribution in [2.75, 3.05) is 13.2 Å². The van der Waals surface area contributed by atoms with Gasteiger partial charge in [0.15, 0.2) is 6.10 Å². The Morgan fingerprint density at radius 1 is 0.288 bits per heavy atom. The zero-order valence-electron chi connectivity index (χ0n) is 46.1. The number of carbonyl (C=O) groups excluding carboxylic acids is 3. The normalized spacial score (nSPS) is 13.5. The molecule has 0 amide bonds. The van der Waals surface area contributed by atoms with Gasteiger partial charge in [0.25, 0.3) is 0 Å². The molecule has 0 spiro atoms. The van der Waals surface area contributed by atoms with Crippen LogP contribution in [0.2, 0.25) is 0 Å². The molecule has 0 aliphatic carbocycles. The Morgan fingerprint density at radius 3 is 0.932 bits per heavy atom. The summed E-state index contributed by atoms with van der Waals surface area (Å²) >= 11 is 0. The average Bonchev–Trinajstić information content (AvgIpc) is 3.39.